The van der Waals surface area contributed by atoms with Gasteiger partial charge in [0.25, 0.3) is 5.91 Å². The number of ether oxygens (including phenoxy) is 1. The predicted octanol–water partition coefficient (Wildman–Crippen LogP) is 3.30. The van der Waals surface area contributed by atoms with Gasteiger partial charge in [0.2, 0.25) is 0 Å². The molecule has 3 rings (SSSR count). The van der Waals surface area contributed by atoms with Crippen LogP contribution in [-0.2, 0) is 17.8 Å². The Morgan fingerprint density at radius 3 is 2.50 bits per heavy atom. The maximum absolute atomic E-state index is 14.6. The molecule has 1 N–H and O–H groups in total. The van der Waals surface area contributed by atoms with Gasteiger partial charge in [-0.15, -0.1) is 0 Å². The highest BCUT2D eigenvalue weighted by atomic mass is 35.5. The maximum atomic E-state index is 14.6. The number of carbonyl (C=O) groups excluding carboxylic acids is 1. The van der Waals surface area contributed by atoms with Crippen LogP contribution in [0, 0.1) is 0 Å². The van der Waals surface area contributed by atoms with Gasteiger partial charge in [0.1, 0.15) is 5.75 Å². The van der Waals surface area contributed by atoms with Crippen LogP contribution in [0.15, 0.2) is 48.5 Å². The van der Waals surface area contributed by atoms with Crippen LogP contribution >= 0.6 is 11.6 Å². The molecule has 2 aromatic rings. The first-order valence-electron chi connectivity index (χ1n) is 8.02. The number of halogens is 3. The molecule has 1 saturated heterocycles. The maximum Gasteiger partial charge on any atom is 0.354 e. The molecule has 1 unspecified atom stereocenters. The Balaban J connectivity index is 1.80. The van der Waals surface area contributed by atoms with Crippen LogP contribution in [0.4, 0.5) is 8.78 Å². The molecule has 0 bridgehead atoms. The normalized spacial score (nSPS) is 21.9. The van der Waals surface area contributed by atoms with E-state index in [9.17, 15) is 18.7 Å². The minimum atomic E-state index is -3.87. The summed E-state index contributed by atoms with van der Waals surface area (Å²) in [6.07, 6.45) is -0.370. The van der Waals surface area contributed by atoms with E-state index in [2.05, 4.69) is 0 Å². The van der Waals surface area contributed by atoms with E-state index < -0.39 is 24.0 Å². The molecule has 1 aliphatic heterocycles. The minimum absolute atomic E-state index is 0.0176. The number of amides is 1. The molecule has 1 atom stereocenters. The zero-order valence-electron chi connectivity index (χ0n) is 14.1. The standard InChI is InChI=1S/C19H18ClF2NO3/c1-26-16-7-5-13(6-8-16)11-23-12-18(25,19(21,22)17(23)24)10-14-3-2-4-15(20)9-14/h2-9,25H,10-12H2,1H3. The third kappa shape index (κ3) is 3.39. The van der Waals surface area contributed by atoms with Gasteiger partial charge in [0, 0.05) is 18.0 Å². The lowest BCUT2D eigenvalue weighted by Gasteiger charge is -2.27. The summed E-state index contributed by atoms with van der Waals surface area (Å²) >= 11 is 5.88. The van der Waals surface area contributed by atoms with Crippen molar-refractivity contribution in [2.45, 2.75) is 24.5 Å². The topological polar surface area (TPSA) is 49.8 Å². The van der Waals surface area contributed by atoms with Crippen molar-refractivity contribution in [3.8, 4) is 5.75 Å². The summed E-state index contributed by atoms with van der Waals surface area (Å²) in [5, 5.41) is 11.0. The van der Waals surface area contributed by atoms with Crippen molar-refractivity contribution in [3.63, 3.8) is 0 Å². The fraction of sp³-hybridized carbons (Fsp3) is 0.316. The lowest BCUT2D eigenvalue weighted by atomic mass is 9.90. The van der Waals surface area contributed by atoms with E-state index in [0.29, 0.717) is 21.9 Å². The van der Waals surface area contributed by atoms with Gasteiger partial charge in [0.05, 0.1) is 13.7 Å². The van der Waals surface area contributed by atoms with Crippen LogP contribution in [0.3, 0.4) is 0 Å². The molecule has 1 heterocycles. The van der Waals surface area contributed by atoms with Crippen LogP contribution in [0.5, 0.6) is 5.75 Å². The summed E-state index contributed by atoms with van der Waals surface area (Å²) in [6, 6.07) is 13.1. The Kier molecular flexibility index (Phi) is 4.90. The average Bonchev–Trinajstić information content (AvgIpc) is 2.76. The highest BCUT2D eigenvalue weighted by Gasteiger charge is 2.65. The summed E-state index contributed by atoms with van der Waals surface area (Å²) < 4.78 is 34.2. The van der Waals surface area contributed by atoms with Gasteiger partial charge in [-0.2, -0.15) is 8.78 Å². The number of nitrogens with zero attached hydrogens (tertiary/aromatic N) is 1. The van der Waals surface area contributed by atoms with Crippen molar-refractivity contribution in [3.05, 3.63) is 64.7 Å². The summed E-state index contributed by atoms with van der Waals surface area (Å²) in [4.78, 5) is 13.2. The number of alkyl halides is 2. The van der Waals surface area contributed by atoms with Crippen molar-refractivity contribution >= 4 is 17.5 Å². The van der Waals surface area contributed by atoms with E-state index in [1.54, 1.807) is 42.5 Å². The highest BCUT2D eigenvalue weighted by Crippen LogP contribution is 2.41. The van der Waals surface area contributed by atoms with Gasteiger partial charge in [-0.1, -0.05) is 35.9 Å². The molecule has 0 aliphatic carbocycles. The molecule has 0 saturated carbocycles. The van der Waals surface area contributed by atoms with Crippen LogP contribution < -0.4 is 4.74 Å². The highest BCUT2D eigenvalue weighted by molar-refractivity contribution is 6.30. The van der Waals surface area contributed by atoms with Crippen LogP contribution in [0.25, 0.3) is 0 Å². The Bertz CT molecular complexity index is 813. The van der Waals surface area contributed by atoms with Gasteiger partial charge in [0.15, 0.2) is 5.60 Å². The predicted molar refractivity (Wildman–Crippen MR) is 93.5 cm³/mol. The molecule has 1 fully saturated rings. The number of hydrogen-bond acceptors (Lipinski definition) is 3. The van der Waals surface area contributed by atoms with E-state index in [1.165, 1.54) is 13.2 Å². The number of rotatable bonds is 5. The first-order valence-corrected chi connectivity index (χ1v) is 8.40. The molecule has 1 amide bonds. The summed E-state index contributed by atoms with van der Waals surface area (Å²) in [7, 11) is 1.52. The first kappa shape index (κ1) is 18.6. The molecule has 26 heavy (non-hydrogen) atoms. The lowest BCUT2D eigenvalue weighted by molar-refractivity contribution is -0.173. The van der Waals surface area contributed by atoms with Gasteiger partial charge in [-0.05, 0) is 35.4 Å². The Morgan fingerprint density at radius 1 is 1.19 bits per heavy atom. The molecule has 1 aliphatic rings. The zero-order valence-corrected chi connectivity index (χ0v) is 14.8. The number of likely N-dealkylation sites (tertiary alicyclic amines) is 1. The third-order valence-corrected chi connectivity index (χ3v) is 4.75. The van der Waals surface area contributed by atoms with Crippen molar-refractivity contribution in [1.82, 2.24) is 4.90 Å². The smallest absolute Gasteiger partial charge is 0.354 e. The van der Waals surface area contributed by atoms with E-state index in [-0.39, 0.29) is 13.0 Å². The Morgan fingerprint density at radius 2 is 1.88 bits per heavy atom. The molecular weight excluding hydrogens is 364 g/mol. The van der Waals surface area contributed by atoms with Gasteiger partial charge in [-0.3, -0.25) is 4.79 Å². The Hall–Kier alpha value is -2.18. The fourth-order valence-electron chi connectivity index (χ4n) is 3.12. The van der Waals surface area contributed by atoms with Crippen molar-refractivity contribution in [2.75, 3.05) is 13.7 Å². The van der Waals surface area contributed by atoms with E-state index in [1.807, 2.05) is 0 Å². The number of carbonyl (C=O) groups is 1. The van der Waals surface area contributed by atoms with E-state index in [0.717, 1.165) is 4.90 Å². The summed E-state index contributed by atoms with van der Waals surface area (Å²) in [5.74, 6) is -4.62. The molecule has 138 valence electrons. The molecule has 7 heteroatoms. The second-order valence-corrected chi connectivity index (χ2v) is 6.86. The van der Waals surface area contributed by atoms with Crippen LogP contribution in [0.1, 0.15) is 11.1 Å². The molecule has 0 aromatic heterocycles. The largest absolute Gasteiger partial charge is 0.497 e. The van der Waals surface area contributed by atoms with E-state index >= 15 is 0 Å². The molecule has 0 spiro atoms. The van der Waals surface area contributed by atoms with Gasteiger partial charge >= 0.3 is 5.92 Å². The van der Waals surface area contributed by atoms with Crippen molar-refractivity contribution in [1.29, 1.82) is 0 Å². The van der Waals surface area contributed by atoms with Crippen molar-refractivity contribution in [2.24, 2.45) is 0 Å². The fourth-order valence-corrected chi connectivity index (χ4v) is 3.33. The second kappa shape index (κ2) is 6.85. The molecule has 0 radical (unpaired) electrons. The first-order chi connectivity index (χ1) is 12.2. The average molecular weight is 382 g/mol. The number of hydrogen-bond donors (Lipinski definition) is 1. The zero-order chi connectivity index (χ0) is 18.9. The molecule has 4 nitrogen and oxygen atoms in total. The second-order valence-electron chi connectivity index (χ2n) is 6.42. The van der Waals surface area contributed by atoms with Crippen LogP contribution in [0.2, 0.25) is 5.02 Å². The Labute approximate surface area is 155 Å². The lowest BCUT2D eigenvalue weighted by Crippen LogP contribution is -2.50. The number of methoxy groups -OCH3 is 1. The quantitative estimate of drug-likeness (QED) is 0.864. The van der Waals surface area contributed by atoms with Gasteiger partial charge < -0.3 is 14.7 Å². The van der Waals surface area contributed by atoms with Gasteiger partial charge in [-0.25, -0.2) is 0 Å². The van der Waals surface area contributed by atoms with E-state index in [4.69, 9.17) is 16.3 Å². The number of β-amino-alcohol motifs (C(OH)–C–C–N with tert-alkyl or cyclic N) is 1. The molecular formula is C19H18ClF2NO3. The summed E-state index contributed by atoms with van der Waals surface area (Å²) in [5.41, 5.74) is -1.37. The molecule has 2 aromatic carbocycles. The third-order valence-electron chi connectivity index (χ3n) is 4.51. The minimum Gasteiger partial charge on any atom is -0.497 e. The summed E-state index contributed by atoms with van der Waals surface area (Å²) in [6.45, 7) is -0.479. The van der Waals surface area contributed by atoms with Crippen LogP contribution in [-0.4, -0.2) is 41.1 Å². The monoisotopic (exact) mass is 381 g/mol. The number of benzene rings is 2. The van der Waals surface area contributed by atoms with Crippen molar-refractivity contribution < 1.29 is 23.4 Å². The SMILES string of the molecule is COc1ccc(CN2CC(O)(Cc3cccc(Cl)c3)C(F)(F)C2=O)cc1. The number of aliphatic hydroxyl groups is 1.